The SMILES string of the molecule is C=CC(=O)N1CCC2(CC(n3nc(-c4ccc(Oc5ccccc5)cn4)c(CN)c3N)C2)C1. The predicted octanol–water partition coefficient (Wildman–Crippen LogP) is 3.52. The highest BCUT2D eigenvalue weighted by atomic mass is 16.5. The highest BCUT2D eigenvalue weighted by molar-refractivity contribution is 5.87. The standard InChI is InChI=1S/C25H28N6O2/c1-2-22(32)30-11-10-25(16-30)12-17(13-25)31-24(27)20(14-26)23(29-31)21-9-8-19(15-28-21)33-18-6-4-3-5-7-18/h2-9,15,17H,1,10-14,16,26-27H2. The largest absolute Gasteiger partial charge is 0.456 e. The van der Waals surface area contributed by atoms with Crippen LogP contribution in [0.5, 0.6) is 11.5 Å². The Kier molecular flexibility index (Phi) is 5.38. The molecular weight excluding hydrogens is 416 g/mol. The molecule has 2 fully saturated rings. The third-order valence-corrected chi connectivity index (χ3v) is 6.82. The fraction of sp³-hybridized carbons (Fsp3) is 0.320. The molecule has 5 rings (SSSR count). The molecule has 170 valence electrons. The van der Waals surface area contributed by atoms with Gasteiger partial charge in [-0.25, -0.2) is 4.68 Å². The maximum Gasteiger partial charge on any atom is 0.245 e. The Hall–Kier alpha value is -3.65. The van der Waals surface area contributed by atoms with Crippen LogP contribution < -0.4 is 16.2 Å². The van der Waals surface area contributed by atoms with Gasteiger partial charge in [-0.05, 0) is 55.0 Å². The summed E-state index contributed by atoms with van der Waals surface area (Å²) in [5, 5.41) is 4.82. The zero-order valence-corrected chi connectivity index (χ0v) is 18.5. The van der Waals surface area contributed by atoms with Gasteiger partial charge in [-0.1, -0.05) is 24.8 Å². The second-order valence-corrected chi connectivity index (χ2v) is 8.93. The van der Waals surface area contributed by atoms with Crippen LogP contribution in [0, 0.1) is 5.41 Å². The number of ether oxygens (including phenoxy) is 1. The summed E-state index contributed by atoms with van der Waals surface area (Å²) in [5.74, 6) is 2.00. The van der Waals surface area contributed by atoms with Gasteiger partial charge in [0.05, 0.1) is 17.9 Å². The van der Waals surface area contributed by atoms with Crippen LogP contribution in [-0.2, 0) is 11.3 Å². The molecule has 33 heavy (non-hydrogen) atoms. The molecule has 0 radical (unpaired) electrons. The first-order chi connectivity index (χ1) is 16.0. The molecule has 1 aliphatic carbocycles. The number of aromatic nitrogens is 3. The van der Waals surface area contributed by atoms with E-state index in [1.807, 2.05) is 52.0 Å². The monoisotopic (exact) mass is 444 g/mol. The van der Waals surface area contributed by atoms with Crippen molar-refractivity contribution < 1.29 is 9.53 Å². The number of nitrogens with two attached hydrogens (primary N) is 2. The summed E-state index contributed by atoms with van der Waals surface area (Å²) in [6, 6.07) is 13.5. The molecule has 0 unspecified atom stereocenters. The van der Waals surface area contributed by atoms with Crippen molar-refractivity contribution >= 4 is 11.7 Å². The Balaban J connectivity index is 1.32. The minimum Gasteiger partial charge on any atom is -0.456 e. The van der Waals surface area contributed by atoms with Gasteiger partial charge in [0, 0.05) is 25.2 Å². The summed E-state index contributed by atoms with van der Waals surface area (Å²) in [4.78, 5) is 18.4. The summed E-state index contributed by atoms with van der Waals surface area (Å²) in [6.07, 6.45) is 5.97. The van der Waals surface area contributed by atoms with Crippen LogP contribution in [0.1, 0.15) is 30.9 Å². The quantitative estimate of drug-likeness (QED) is 0.563. The number of carbonyl (C=O) groups is 1. The van der Waals surface area contributed by atoms with Crippen LogP contribution in [0.25, 0.3) is 11.4 Å². The molecule has 8 nitrogen and oxygen atoms in total. The highest BCUT2D eigenvalue weighted by Gasteiger charge is 2.50. The lowest BCUT2D eigenvalue weighted by Crippen LogP contribution is -2.42. The molecule has 1 aliphatic heterocycles. The van der Waals surface area contributed by atoms with Gasteiger partial charge < -0.3 is 21.1 Å². The van der Waals surface area contributed by atoms with Crippen molar-refractivity contribution in [3.05, 3.63) is 66.9 Å². The number of benzene rings is 1. The molecule has 4 N–H and O–H groups in total. The van der Waals surface area contributed by atoms with Crippen LogP contribution in [0.2, 0.25) is 0 Å². The molecule has 0 atom stereocenters. The van der Waals surface area contributed by atoms with Gasteiger partial charge in [-0.15, -0.1) is 0 Å². The second kappa shape index (κ2) is 8.37. The number of rotatable bonds is 6. The molecule has 2 aromatic heterocycles. The first-order valence-corrected chi connectivity index (χ1v) is 11.2. The maximum atomic E-state index is 12.0. The summed E-state index contributed by atoms with van der Waals surface area (Å²) < 4.78 is 7.73. The van der Waals surface area contributed by atoms with Crippen molar-refractivity contribution in [2.75, 3.05) is 18.8 Å². The number of hydrogen-bond donors (Lipinski definition) is 2. The summed E-state index contributed by atoms with van der Waals surface area (Å²) >= 11 is 0. The van der Waals surface area contributed by atoms with Crippen molar-refractivity contribution in [3.63, 3.8) is 0 Å². The molecular formula is C25H28N6O2. The Labute approximate surface area is 192 Å². The van der Waals surface area contributed by atoms with E-state index in [0.29, 0.717) is 23.0 Å². The van der Waals surface area contributed by atoms with Crippen LogP contribution in [-0.4, -0.2) is 38.7 Å². The number of anilines is 1. The lowest BCUT2D eigenvalue weighted by atomic mass is 9.65. The smallest absolute Gasteiger partial charge is 0.245 e. The third-order valence-electron chi connectivity index (χ3n) is 6.82. The van der Waals surface area contributed by atoms with Gasteiger partial charge in [0.15, 0.2) is 0 Å². The van der Waals surface area contributed by atoms with E-state index in [4.69, 9.17) is 21.3 Å². The Morgan fingerprint density at radius 3 is 2.67 bits per heavy atom. The zero-order valence-electron chi connectivity index (χ0n) is 18.5. The van der Waals surface area contributed by atoms with Crippen molar-refractivity contribution in [2.45, 2.75) is 31.8 Å². The number of hydrogen-bond acceptors (Lipinski definition) is 6. The van der Waals surface area contributed by atoms with E-state index in [2.05, 4.69) is 11.6 Å². The minimum absolute atomic E-state index is 0.00685. The summed E-state index contributed by atoms with van der Waals surface area (Å²) in [6.45, 7) is 5.44. The molecule has 1 spiro atoms. The molecule has 1 saturated carbocycles. The number of nitrogens with zero attached hydrogens (tertiary/aromatic N) is 4. The molecule has 3 heterocycles. The molecule has 8 heteroatoms. The van der Waals surface area contributed by atoms with E-state index >= 15 is 0 Å². The fourth-order valence-electron chi connectivity index (χ4n) is 5.07. The van der Waals surface area contributed by atoms with Crippen molar-refractivity contribution in [1.82, 2.24) is 19.7 Å². The number of pyridine rings is 1. The van der Waals surface area contributed by atoms with Crippen molar-refractivity contribution in [2.24, 2.45) is 11.1 Å². The molecule has 0 bridgehead atoms. The minimum atomic E-state index is 0.00685. The molecule has 3 aromatic rings. The average Bonchev–Trinajstić information content (AvgIpc) is 3.40. The molecule has 1 saturated heterocycles. The zero-order chi connectivity index (χ0) is 23.0. The van der Waals surface area contributed by atoms with E-state index in [1.54, 1.807) is 6.20 Å². The Morgan fingerprint density at radius 1 is 1.21 bits per heavy atom. The van der Waals surface area contributed by atoms with Crippen LogP contribution in [0.3, 0.4) is 0 Å². The number of para-hydroxylation sites is 1. The van der Waals surface area contributed by atoms with Crippen molar-refractivity contribution in [3.8, 4) is 22.9 Å². The van der Waals surface area contributed by atoms with E-state index in [1.165, 1.54) is 6.08 Å². The second-order valence-electron chi connectivity index (χ2n) is 8.93. The normalized spacial score (nSPS) is 21.7. The molecule has 1 aromatic carbocycles. The topological polar surface area (TPSA) is 112 Å². The van der Waals surface area contributed by atoms with E-state index in [9.17, 15) is 4.79 Å². The average molecular weight is 445 g/mol. The predicted molar refractivity (Wildman–Crippen MR) is 126 cm³/mol. The molecule has 1 amide bonds. The van der Waals surface area contributed by atoms with Crippen LogP contribution in [0.4, 0.5) is 5.82 Å². The van der Waals surface area contributed by atoms with Crippen LogP contribution >= 0.6 is 0 Å². The number of likely N-dealkylation sites (tertiary alicyclic amines) is 1. The van der Waals surface area contributed by atoms with Gasteiger partial charge in [-0.2, -0.15) is 5.10 Å². The fourth-order valence-corrected chi connectivity index (χ4v) is 5.07. The highest BCUT2D eigenvalue weighted by Crippen LogP contribution is 2.54. The molecule has 2 aliphatic rings. The van der Waals surface area contributed by atoms with Gasteiger partial charge in [0.2, 0.25) is 5.91 Å². The van der Waals surface area contributed by atoms with E-state index in [-0.39, 0.29) is 23.9 Å². The Bertz CT molecular complexity index is 1170. The van der Waals surface area contributed by atoms with Gasteiger partial charge in [0.1, 0.15) is 23.0 Å². The first-order valence-electron chi connectivity index (χ1n) is 11.2. The summed E-state index contributed by atoms with van der Waals surface area (Å²) in [5.41, 5.74) is 14.9. The van der Waals surface area contributed by atoms with E-state index < -0.39 is 0 Å². The van der Waals surface area contributed by atoms with Crippen LogP contribution in [0.15, 0.2) is 61.3 Å². The van der Waals surface area contributed by atoms with E-state index in [0.717, 1.165) is 43.7 Å². The van der Waals surface area contributed by atoms with Gasteiger partial charge in [-0.3, -0.25) is 9.78 Å². The first kappa shape index (κ1) is 21.2. The van der Waals surface area contributed by atoms with Gasteiger partial charge >= 0.3 is 0 Å². The number of nitrogen functional groups attached to an aromatic ring is 1. The third kappa shape index (κ3) is 3.87. The van der Waals surface area contributed by atoms with Crippen molar-refractivity contribution in [1.29, 1.82) is 0 Å². The number of amides is 1. The lowest BCUT2D eigenvalue weighted by Gasteiger charge is -2.45. The van der Waals surface area contributed by atoms with Gasteiger partial charge in [0.25, 0.3) is 0 Å². The number of carbonyl (C=O) groups excluding carboxylic acids is 1. The lowest BCUT2D eigenvalue weighted by molar-refractivity contribution is -0.125. The summed E-state index contributed by atoms with van der Waals surface area (Å²) in [7, 11) is 0. The Morgan fingerprint density at radius 2 is 2.00 bits per heavy atom. The maximum absolute atomic E-state index is 12.0.